The van der Waals surface area contributed by atoms with Crippen LogP contribution in [0.3, 0.4) is 0 Å². The van der Waals surface area contributed by atoms with E-state index in [1.165, 1.54) is 23.0 Å². The number of carbonyl (C=O) groups excluding carboxylic acids is 2. The minimum absolute atomic E-state index is 0.00638. The second-order valence-electron chi connectivity index (χ2n) is 8.91. The molecule has 2 aliphatic heterocycles. The van der Waals surface area contributed by atoms with Crippen LogP contribution in [0.25, 0.3) is 17.0 Å². The van der Waals surface area contributed by atoms with Crippen molar-refractivity contribution in [3.8, 4) is 0 Å². The third-order valence-electron chi connectivity index (χ3n) is 6.56. The van der Waals surface area contributed by atoms with Gasteiger partial charge in [0.05, 0.1) is 34.8 Å². The highest BCUT2D eigenvalue weighted by atomic mass is 35.5. The van der Waals surface area contributed by atoms with Crippen LogP contribution in [0.1, 0.15) is 23.6 Å². The number of likely N-dealkylation sites (N-methyl/N-ethyl adjacent to an activating group) is 1. The van der Waals surface area contributed by atoms with Crippen LogP contribution in [0.2, 0.25) is 5.02 Å². The number of amides is 2. The number of rotatable bonds is 5. The molecule has 12 heteroatoms. The maximum atomic E-state index is 14.5. The van der Waals surface area contributed by atoms with E-state index in [-0.39, 0.29) is 28.6 Å². The number of halogens is 5. The Kier molecular flexibility index (Phi) is 6.80. The molecule has 0 saturated carbocycles. The van der Waals surface area contributed by atoms with Crippen molar-refractivity contribution in [3.05, 3.63) is 69.2 Å². The number of hydrogen-bond acceptors (Lipinski definition) is 5. The van der Waals surface area contributed by atoms with E-state index in [9.17, 15) is 27.2 Å². The van der Waals surface area contributed by atoms with Gasteiger partial charge in [0.25, 0.3) is 11.1 Å². The van der Waals surface area contributed by atoms with E-state index in [1.807, 2.05) is 11.8 Å². The number of fused-ring (bicyclic) bond motifs is 1. The highest BCUT2D eigenvalue weighted by Crippen LogP contribution is 2.37. The normalized spacial score (nSPS) is 22.2. The molecule has 0 aliphatic carbocycles. The van der Waals surface area contributed by atoms with E-state index < -0.39 is 35.1 Å². The van der Waals surface area contributed by atoms with Gasteiger partial charge < -0.3 is 0 Å². The van der Waals surface area contributed by atoms with Crippen molar-refractivity contribution in [3.63, 3.8) is 0 Å². The van der Waals surface area contributed by atoms with Gasteiger partial charge in [-0.3, -0.25) is 24.1 Å². The number of alkyl halides is 4. The molecule has 194 valence electrons. The summed E-state index contributed by atoms with van der Waals surface area (Å²) >= 11 is 6.54. The average molecular weight is 553 g/mol. The molecule has 3 aromatic rings. The quantitative estimate of drug-likeness (QED) is 0.294. The number of benzene rings is 2. The molecule has 5 rings (SSSR count). The fourth-order valence-electron chi connectivity index (χ4n) is 4.67. The van der Waals surface area contributed by atoms with Crippen molar-refractivity contribution in [2.45, 2.75) is 31.9 Å². The first kappa shape index (κ1) is 25.7. The van der Waals surface area contributed by atoms with E-state index >= 15 is 0 Å². The van der Waals surface area contributed by atoms with E-state index in [0.29, 0.717) is 29.6 Å². The molecule has 0 unspecified atom stereocenters. The molecular weight excluding hydrogens is 532 g/mol. The van der Waals surface area contributed by atoms with Crippen LogP contribution < -0.4 is 0 Å². The van der Waals surface area contributed by atoms with Gasteiger partial charge >= 0.3 is 6.18 Å². The van der Waals surface area contributed by atoms with Gasteiger partial charge in [0.1, 0.15) is 6.17 Å². The van der Waals surface area contributed by atoms with Gasteiger partial charge in [-0.25, -0.2) is 4.39 Å². The monoisotopic (exact) mass is 552 g/mol. The first-order valence-electron chi connectivity index (χ1n) is 11.5. The minimum atomic E-state index is -4.56. The molecule has 2 aliphatic rings. The summed E-state index contributed by atoms with van der Waals surface area (Å²) in [6.07, 6.45) is -2.78. The maximum absolute atomic E-state index is 14.5. The third kappa shape index (κ3) is 4.99. The predicted molar refractivity (Wildman–Crippen MR) is 134 cm³/mol. The Morgan fingerprint density at radius 3 is 2.65 bits per heavy atom. The molecule has 1 aromatic heterocycles. The number of hydrogen-bond donors (Lipinski definition) is 0. The van der Waals surface area contributed by atoms with Gasteiger partial charge in [0, 0.05) is 23.5 Å². The topological polar surface area (TPSA) is 58.4 Å². The molecule has 2 amide bonds. The smallest absolute Gasteiger partial charge is 0.298 e. The Bertz CT molecular complexity index is 1420. The molecule has 2 atom stereocenters. The molecule has 6 nitrogen and oxygen atoms in total. The zero-order chi connectivity index (χ0) is 26.5. The summed E-state index contributed by atoms with van der Waals surface area (Å²) in [5.41, 5.74) is 0.410. The zero-order valence-electron chi connectivity index (χ0n) is 19.5. The minimum Gasteiger partial charge on any atom is -0.298 e. The summed E-state index contributed by atoms with van der Waals surface area (Å²) in [7, 11) is 0. The molecule has 0 N–H and O–H groups in total. The summed E-state index contributed by atoms with van der Waals surface area (Å²) < 4.78 is 56.4. The second kappa shape index (κ2) is 9.77. The first-order chi connectivity index (χ1) is 17.5. The Labute approximate surface area is 218 Å². The van der Waals surface area contributed by atoms with Crippen LogP contribution in [0, 0.1) is 0 Å². The van der Waals surface area contributed by atoms with Crippen molar-refractivity contribution in [1.82, 2.24) is 19.6 Å². The van der Waals surface area contributed by atoms with Crippen LogP contribution in [0.15, 0.2) is 47.5 Å². The number of likely N-dealkylation sites (tertiary alicyclic amines) is 1. The Morgan fingerprint density at radius 1 is 1.16 bits per heavy atom. The fraction of sp³-hybridized carbons (Fsp3) is 0.320. The third-order valence-corrected chi connectivity index (χ3v) is 7.68. The van der Waals surface area contributed by atoms with Gasteiger partial charge in [-0.1, -0.05) is 30.7 Å². The van der Waals surface area contributed by atoms with E-state index in [0.717, 1.165) is 22.7 Å². The van der Waals surface area contributed by atoms with Crippen molar-refractivity contribution in [2.24, 2.45) is 0 Å². The number of nitrogens with zero attached hydrogens (tertiary/aromatic N) is 4. The van der Waals surface area contributed by atoms with Crippen molar-refractivity contribution < 1.29 is 27.2 Å². The number of aromatic nitrogens is 2. The standard InChI is InChI=1S/C25H21ClF4N4O2S/c1-2-32-12-19(27)21(13-32)34-23(35)22(37-24(34)36)8-14-3-6-20-16(7-14)10-31-33(20)11-15-4-5-17(26)9-18(15)25(28,29)30/h3-10,19,21H,2,11-13H2,1H3/t19-,21-/m0/s1. The van der Waals surface area contributed by atoms with Crippen molar-refractivity contribution in [2.75, 3.05) is 19.6 Å². The van der Waals surface area contributed by atoms with E-state index in [2.05, 4.69) is 5.10 Å². The number of thioether (sulfide) groups is 1. The van der Waals surface area contributed by atoms with Gasteiger partial charge in [-0.05, 0) is 59.8 Å². The SMILES string of the molecule is CCN1C[C@H](F)[C@@H](N2C(=O)SC(=Cc3ccc4c(cnn4Cc4ccc(Cl)cc4C(F)(F)F)c3)C2=O)C1. The highest BCUT2D eigenvalue weighted by molar-refractivity contribution is 8.18. The molecule has 2 fully saturated rings. The van der Waals surface area contributed by atoms with Crippen LogP contribution in [-0.2, 0) is 17.5 Å². The predicted octanol–water partition coefficient (Wildman–Crippen LogP) is 5.84. The maximum Gasteiger partial charge on any atom is 0.416 e. The lowest BCUT2D eigenvalue weighted by molar-refractivity contribution is -0.138. The largest absolute Gasteiger partial charge is 0.416 e. The van der Waals surface area contributed by atoms with Gasteiger partial charge in [0.15, 0.2) is 0 Å². The number of imide groups is 1. The molecule has 37 heavy (non-hydrogen) atoms. The average Bonchev–Trinajstić information content (AvgIpc) is 3.49. The molecule has 0 bridgehead atoms. The lowest BCUT2D eigenvalue weighted by Gasteiger charge is -2.22. The zero-order valence-corrected chi connectivity index (χ0v) is 21.1. The van der Waals surface area contributed by atoms with Crippen molar-refractivity contribution >= 4 is 51.5 Å². The lowest BCUT2D eigenvalue weighted by atomic mass is 10.1. The van der Waals surface area contributed by atoms with Gasteiger partial charge in [-0.2, -0.15) is 18.3 Å². The summed E-state index contributed by atoms with van der Waals surface area (Å²) in [6, 6.07) is 7.92. The number of carbonyl (C=O) groups is 2. The first-order valence-corrected chi connectivity index (χ1v) is 12.7. The van der Waals surface area contributed by atoms with Crippen LogP contribution in [-0.4, -0.2) is 62.6 Å². The van der Waals surface area contributed by atoms with Crippen molar-refractivity contribution in [1.29, 1.82) is 0 Å². The molecule has 0 spiro atoms. The lowest BCUT2D eigenvalue weighted by Crippen LogP contribution is -2.44. The summed E-state index contributed by atoms with van der Waals surface area (Å²) in [4.78, 5) is 28.6. The molecular formula is C25H21ClF4N4O2S. The van der Waals surface area contributed by atoms with E-state index in [1.54, 1.807) is 24.3 Å². The molecule has 2 aromatic carbocycles. The van der Waals surface area contributed by atoms with Crippen LogP contribution in [0.5, 0.6) is 0 Å². The fourth-order valence-corrected chi connectivity index (χ4v) is 5.73. The van der Waals surface area contributed by atoms with Gasteiger partial charge in [0.2, 0.25) is 0 Å². The highest BCUT2D eigenvalue weighted by Gasteiger charge is 2.46. The molecule has 3 heterocycles. The van der Waals surface area contributed by atoms with E-state index in [4.69, 9.17) is 11.6 Å². The summed E-state index contributed by atoms with van der Waals surface area (Å²) in [5, 5.41) is 4.38. The Balaban J connectivity index is 1.39. The Morgan fingerprint density at radius 2 is 1.95 bits per heavy atom. The Hall–Kier alpha value is -2.89. The van der Waals surface area contributed by atoms with Gasteiger partial charge in [-0.15, -0.1) is 0 Å². The summed E-state index contributed by atoms with van der Waals surface area (Å²) in [6.45, 7) is 2.90. The summed E-state index contributed by atoms with van der Waals surface area (Å²) in [5.74, 6) is -0.529. The second-order valence-corrected chi connectivity index (χ2v) is 10.3. The molecule has 0 radical (unpaired) electrons. The van der Waals surface area contributed by atoms with Crippen LogP contribution in [0.4, 0.5) is 22.4 Å². The molecule has 2 saturated heterocycles. The van der Waals surface area contributed by atoms with Crippen LogP contribution >= 0.6 is 23.4 Å².